The predicted octanol–water partition coefficient (Wildman–Crippen LogP) is 3.55. The maximum absolute atomic E-state index is 12.3. The Kier molecular flexibility index (Phi) is 5.17. The molecule has 1 amide bonds. The number of hydrogen-bond donors (Lipinski definition) is 2. The van der Waals surface area contributed by atoms with Gasteiger partial charge in [-0.3, -0.25) is 4.79 Å². The third kappa shape index (κ3) is 4.43. The lowest BCUT2D eigenvalue weighted by Gasteiger charge is -2.33. The highest BCUT2D eigenvalue weighted by Gasteiger charge is 2.27. The van der Waals surface area contributed by atoms with Crippen LogP contribution in [0.5, 0.6) is 0 Å². The van der Waals surface area contributed by atoms with Gasteiger partial charge >= 0.3 is 5.97 Å². The molecular weight excluding hydrogens is 286 g/mol. The van der Waals surface area contributed by atoms with Crippen LogP contribution in [-0.2, 0) is 4.79 Å². The van der Waals surface area contributed by atoms with Gasteiger partial charge in [0.25, 0.3) is 5.91 Å². The second kappa shape index (κ2) is 6.89. The lowest BCUT2D eigenvalue weighted by molar-refractivity contribution is -0.131. The van der Waals surface area contributed by atoms with Crippen molar-refractivity contribution in [3.8, 4) is 0 Å². The number of carbonyl (C=O) groups is 2. The van der Waals surface area contributed by atoms with E-state index in [2.05, 4.69) is 12.2 Å². The van der Waals surface area contributed by atoms with E-state index in [1.54, 1.807) is 11.4 Å². The number of thiophene rings is 1. The van der Waals surface area contributed by atoms with E-state index in [1.165, 1.54) is 36.7 Å². The van der Waals surface area contributed by atoms with Crippen LogP contribution in [0.3, 0.4) is 0 Å². The Balaban J connectivity index is 1.97. The highest BCUT2D eigenvalue weighted by Crippen LogP contribution is 2.35. The fourth-order valence-corrected chi connectivity index (χ4v) is 3.55. The summed E-state index contributed by atoms with van der Waals surface area (Å²) < 4.78 is 0. The van der Waals surface area contributed by atoms with Crippen LogP contribution < -0.4 is 5.32 Å². The number of amides is 1. The van der Waals surface area contributed by atoms with Crippen molar-refractivity contribution < 1.29 is 14.7 Å². The van der Waals surface area contributed by atoms with E-state index < -0.39 is 5.97 Å². The van der Waals surface area contributed by atoms with Gasteiger partial charge < -0.3 is 10.4 Å². The van der Waals surface area contributed by atoms with Crippen molar-refractivity contribution in [1.82, 2.24) is 5.32 Å². The summed E-state index contributed by atoms with van der Waals surface area (Å²) in [5, 5.41) is 13.5. The zero-order valence-electron chi connectivity index (χ0n) is 12.2. The number of carboxylic acids is 1. The Morgan fingerprint density at radius 1 is 1.38 bits per heavy atom. The Morgan fingerprint density at radius 2 is 2.10 bits per heavy atom. The molecule has 1 aliphatic rings. The first-order valence-corrected chi connectivity index (χ1v) is 8.15. The van der Waals surface area contributed by atoms with Gasteiger partial charge in [-0.2, -0.15) is 0 Å². The third-order valence-electron chi connectivity index (χ3n) is 4.04. The molecule has 1 fully saturated rings. The molecule has 0 unspecified atom stereocenters. The maximum Gasteiger partial charge on any atom is 0.328 e. The monoisotopic (exact) mass is 307 g/mol. The molecule has 0 saturated heterocycles. The van der Waals surface area contributed by atoms with Crippen LogP contribution in [0.1, 0.15) is 54.3 Å². The molecule has 1 saturated carbocycles. The Labute approximate surface area is 128 Å². The molecule has 1 aromatic heterocycles. The molecule has 0 aromatic carbocycles. The largest absolute Gasteiger partial charge is 0.478 e. The Morgan fingerprint density at radius 3 is 2.76 bits per heavy atom. The number of carbonyl (C=O) groups excluding carboxylic acids is 1. The minimum Gasteiger partial charge on any atom is -0.478 e. The molecule has 1 aliphatic carbocycles. The van der Waals surface area contributed by atoms with Gasteiger partial charge in [-0.25, -0.2) is 4.79 Å². The van der Waals surface area contributed by atoms with Gasteiger partial charge in [0.1, 0.15) is 0 Å². The first kappa shape index (κ1) is 15.8. The van der Waals surface area contributed by atoms with Gasteiger partial charge in [0.05, 0.1) is 4.88 Å². The second-order valence-corrected chi connectivity index (χ2v) is 6.85. The molecule has 114 valence electrons. The Bertz CT molecular complexity index is 541. The van der Waals surface area contributed by atoms with Gasteiger partial charge in [0.15, 0.2) is 0 Å². The van der Waals surface area contributed by atoms with E-state index >= 15 is 0 Å². The van der Waals surface area contributed by atoms with E-state index in [-0.39, 0.29) is 11.3 Å². The molecule has 0 radical (unpaired) electrons. The van der Waals surface area contributed by atoms with Crippen molar-refractivity contribution in [2.24, 2.45) is 5.41 Å². The number of nitrogens with one attached hydrogen (secondary N) is 1. The molecule has 0 atom stereocenters. The molecule has 2 N–H and O–H groups in total. The third-order valence-corrected chi connectivity index (χ3v) is 4.97. The average Bonchev–Trinajstić information content (AvgIpc) is 2.92. The van der Waals surface area contributed by atoms with E-state index in [9.17, 15) is 9.59 Å². The van der Waals surface area contributed by atoms with Gasteiger partial charge in [0.2, 0.25) is 0 Å². The molecule has 0 aliphatic heterocycles. The summed E-state index contributed by atoms with van der Waals surface area (Å²) in [6, 6.07) is 1.77. The lowest BCUT2D eigenvalue weighted by atomic mass is 9.76. The van der Waals surface area contributed by atoms with Crippen molar-refractivity contribution in [1.29, 1.82) is 0 Å². The van der Waals surface area contributed by atoms with Crippen LogP contribution >= 0.6 is 11.3 Å². The highest BCUT2D eigenvalue weighted by molar-refractivity contribution is 7.12. The molecule has 0 spiro atoms. The molecule has 5 heteroatoms. The minimum absolute atomic E-state index is 0.109. The topological polar surface area (TPSA) is 66.4 Å². The summed E-state index contributed by atoms with van der Waals surface area (Å²) >= 11 is 1.34. The fraction of sp³-hybridized carbons (Fsp3) is 0.500. The normalized spacial score (nSPS) is 17.8. The van der Waals surface area contributed by atoms with E-state index in [1.807, 2.05) is 0 Å². The number of carboxylic acid groups (broad SMARTS) is 1. The standard InChI is InChI=1S/C16H21NO3S/c1-16(8-3-2-4-9-16)11-17-15(20)14-12(7-10-21-14)5-6-13(18)19/h5-7,10H,2-4,8-9,11H2,1H3,(H,17,20)(H,18,19)/b6-5+. The van der Waals surface area contributed by atoms with Gasteiger partial charge in [0, 0.05) is 12.6 Å². The van der Waals surface area contributed by atoms with Crippen molar-refractivity contribution in [2.75, 3.05) is 6.54 Å². The molecule has 21 heavy (non-hydrogen) atoms. The first-order chi connectivity index (χ1) is 10.0. The molecular formula is C16H21NO3S. The highest BCUT2D eigenvalue weighted by atomic mass is 32.1. The number of hydrogen-bond acceptors (Lipinski definition) is 3. The van der Waals surface area contributed by atoms with Crippen LogP contribution in [0.2, 0.25) is 0 Å². The van der Waals surface area contributed by atoms with Gasteiger partial charge in [-0.15, -0.1) is 11.3 Å². The summed E-state index contributed by atoms with van der Waals surface area (Å²) in [4.78, 5) is 23.4. The zero-order valence-corrected chi connectivity index (χ0v) is 13.0. The van der Waals surface area contributed by atoms with Crippen LogP contribution in [0.4, 0.5) is 0 Å². The molecule has 4 nitrogen and oxygen atoms in total. The van der Waals surface area contributed by atoms with Crippen LogP contribution in [-0.4, -0.2) is 23.5 Å². The maximum atomic E-state index is 12.3. The van der Waals surface area contributed by atoms with Gasteiger partial charge in [-0.1, -0.05) is 26.2 Å². The van der Waals surface area contributed by atoms with Crippen molar-refractivity contribution >= 4 is 29.3 Å². The van der Waals surface area contributed by atoms with Crippen molar-refractivity contribution in [2.45, 2.75) is 39.0 Å². The summed E-state index contributed by atoms with van der Waals surface area (Å²) in [6.07, 6.45) is 8.60. The number of rotatable bonds is 5. The SMILES string of the molecule is CC1(CNC(=O)c2sccc2/C=C/C(=O)O)CCCCC1. The van der Waals surface area contributed by atoms with Crippen molar-refractivity contribution in [3.63, 3.8) is 0 Å². The molecule has 1 aromatic rings. The predicted molar refractivity (Wildman–Crippen MR) is 84.5 cm³/mol. The second-order valence-electron chi connectivity index (χ2n) is 5.93. The average molecular weight is 307 g/mol. The van der Waals surface area contributed by atoms with Crippen LogP contribution in [0.15, 0.2) is 17.5 Å². The minimum atomic E-state index is -1.01. The van der Waals surface area contributed by atoms with Crippen LogP contribution in [0.25, 0.3) is 6.08 Å². The van der Waals surface area contributed by atoms with Crippen molar-refractivity contribution in [3.05, 3.63) is 28.0 Å². The smallest absolute Gasteiger partial charge is 0.328 e. The number of aliphatic carboxylic acids is 1. The van der Waals surface area contributed by atoms with Gasteiger partial charge in [-0.05, 0) is 41.3 Å². The van der Waals surface area contributed by atoms with Crippen LogP contribution in [0, 0.1) is 5.41 Å². The summed E-state index contributed by atoms with van der Waals surface area (Å²) in [5.74, 6) is -1.12. The van der Waals surface area contributed by atoms with E-state index in [0.717, 1.165) is 18.9 Å². The summed E-state index contributed by atoms with van der Waals surface area (Å²) in [5.41, 5.74) is 0.857. The Hall–Kier alpha value is -1.62. The summed E-state index contributed by atoms with van der Waals surface area (Å²) in [7, 11) is 0. The fourth-order valence-electron chi connectivity index (χ4n) is 2.75. The van der Waals surface area contributed by atoms with E-state index in [0.29, 0.717) is 17.0 Å². The van der Waals surface area contributed by atoms with E-state index in [4.69, 9.17) is 5.11 Å². The zero-order chi connectivity index (χ0) is 15.3. The molecule has 0 bridgehead atoms. The molecule has 1 heterocycles. The quantitative estimate of drug-likeness (QED) is 0.818. The molecule has 2 rings (SSSR count). The lowest BCUT2D eigenvalue weighted by Crippen LogP contribution is -2.36. The summed E-state index contributed by atoms with van der Waals surface area (Å²) in [6.45, 7) is 2.91. The first-order valence-electron chi connectivity index (χ1n) is 7.27.